The largest absolute Gasteiger partial charge is 0.345 e. The van der Waals surface area contributed by atoms with Crippen molar-refractivity contribution >= 4 is 40.1 Å². The van der Waals surface area contributed by atoms with Crippen LogP contribution in [0.15, 0.2) is 47.3 Å². The molecule has 3 rings (SSSR count). The third-order valence-corrected chi connectivity index (χ3v) is 4.94. The molecular formula is C20H21ClN4O3. The number of fused-ring (bicyclic) bond motifs is 1. The molecule has 0 aliphatic heterocycles. The van der Waals surface area contributed by atoms with Crippen LogP contribution >= 0.6 is 11.6 Å². The predicted octanol–water partition coefficient (Wildman–Crippen LogP) is 2.54. The van der Waals surface area contributed by atoms with E-state index >= 15 is 0 Å². The molecule has 2 aromatic carbocycles. The number of para-hydroxylation sites is 2. The first kappa shape index (κ1) is 19.7. The molecule has 2 amide bonds. The number of amides is 2. The Labute approximate surface area is 166 Å². The Hall–Kier alpha value is -3.06. The number of anilines is 1. The van der Waals surface area contributed by atoms with Gasteiger partial charge in [0.25, 0.3) is 0 Å². The average molecular weight is 401 g/mol. The van der Waals surface area contributed by atoms with Gasteiger partial charge in [-0.3, -0.25) is 18.7 Å². The van der Waals surface area contributed by atoms with Crippen LogP contribution in [0.2, 0.25) is 5.02 Å². The fourth-order valence-electron chi connectivity index (χ4n) is 3.05. The summed E-state index contributed by atoms with van der Waals surface area (Å²) in [5.41, 5.74) is 2.55. The molecule has 0 bridgehead atoms. The zero-order valence-corrected chi connectivity index (χ0v) is 16.4. The van der Waals surface area contributed by atoms with Crippen molar-refractivity contribution in [1.82, 2.24) is 14.5 Å². The Kier molecular flexibility index (Phi) is 5.84. The summed E-state index contributed by atoms with van der Waals surface area (Å²) in [5.74, 6) is -0.791. The highest BCUT2D eigenvalue weighted by molar-refractivity contribution is 6.31. The van der Waals surface area contributed by atoms with Crippen molar-refractivity contribution in [3.05, 3.63) is 63.5 Å². The quantitative estimate of drug-likeness (QED) is 0.666. The number of imidazole rings is 1. The van der Waals surface area contributed by atoms with Crippen molar-refractivity contribution in [2.24, 2.45) is 0 Å². The van der Waals surface area contributed by atoms with E-state index in [1.54, 1.807) is 35.8 Å². The SMILES string of the molecule is CCn1c(=O)n(CC(=O)NCC(=O)Nc2cccc(Cl)c2C)c2ccccc21. The topological polar surface area (TPSA) is 85.1 Å². The zero-order chi connectivity index (χ0) is 20.3. The first-order valence-corrected chi connectivity index (χ1v) is 9.30. The van der Waals surface area contributed by atoms with E-state index in [9.17, 15) is 14.4 Å². The fraction of sp³-hybridized carbons (Fsp3) is 0.250. The van der Waals surface area contributed by atoms with Crippen LogP contribution in [0.5, 0.6) is 0 Å². The highest BCUT2D eigenvalue weighted by atomic mass is 35.5. The molecule has 146 valence electrons. The van der Waals surface area contributed by atoms with Crippen LogP contribution < -0.4 is 16.3 Å². The van der Waals surface area contributed by atoms with Crippen LogP contribution in [0.1, 0.15) is 12.5 Å². The lowest BCUT2D eigenvalue weighted by Crippen LogP contribution is -2.37. The van der Waals surface area contributed by atoms with Gasteiger partial charge in [0.1, 0.15) is 6.54 Å². The maximum absolute atomic E-state index is 12.6. The molecule has 7 nitrogen and oxygen atoms in total. The minimum absolute atomic E-state index is 0.157. The number of aryl methyl sites for hydroxylation is 1. The summed E-state index contributed by atoms with van der Waals surface area (Å²) < 4.78 is 3.02. The fourth-order valence-corrected chi connectivity index (χ4v) is 3.22. The Morgan fingerprint density at radius 1 is 1.00 bits per heavy atom. The van der Waals surface area contributed by atoms with Crippen molar-refractivity contribution in [3.63, 3.8) is 0 Å². The van der Waals surface area contributed by atoms with Gasteiger partial charge in [-0.25, -0.2) is 4.79 Å². The average Bonchev–Trinajstić information content (AvgIpc) is 2.95. The Bertz CT molecular complexity index is 1100. The number of benzene rings is 2. The molecule has 0 unspecified atom stereocenters. The summed E-state index contributed by atoms with van der Waals surface area (Å²) in [5, 5.41) is 5.81. The van der Waals surface area contributed by atoms with Crippen LogP contribution in [0, 0.1) is 6.92 Å². The number of rotatable bonds is 6. The monoisotopic (exact) mass is 400 g/mol. The molecule has 28 heavy (non-hydrogen) atoms. The van der Waals surface area contributed by atoms with Gasteiger partial charge in [0.05, 0.1) is 17.6 Å². The number of hydrogen-bond acceptors (Lipinski definition) is 3. The van der Waals surface area contributed by atoms with Gasteiger partial charge >= 0.3 is 5.69 Å². The summed E-state index contributed by atoms with van der Waals surface area (Å²) in [6.07, 6.45) is 0. The predicted molar refractivity (Wildman–Crippen MR) is 110 cm³/mol. The molecule has 3 aromatic rings. The first-order valence-electron chi connectivity index (χ1n) is 8.92. The summed E-state index contributed by atoms with van der Waals surface area (Å²) in [6, 6.07) is 12.5. The molecule has 0 saturated carbocycles. The summed E-state index contributed by atoms with van der Waals surface area (Å²) in [6.45, 7) is 3.82. The maximum atomic E-state index is 12.6. The van der Waals surface area contributed by atoms with E-state index < -0.39 is 5.91 Å². The molecule has 2 N–H and O–H groups in total. The van der Waals surface area contributed by atoms with E-state index in [1.807, 2.05) is 25.1 Å². The first-order chi connectivity index (χ1) is 13.4. The number of nitrogens with one attached hydrogen (secondary N) is 2. The van der Waals surface area contributed by atoms with E-state index in [0.29, 0.717) is 22.8 Å². The smallest absolute Gasteiger partial charge is 0.329 e. The van der Waals surface area contributed by atoms with Gasteiger partial charge in [0.2, 0.25) is 11.8 Å². The minimum atomic E-state index is -0.418. The van der Waals surface area contributed by atoms with Gasteiger partial charge in [-0.05, 0) is 43.7 Å². The van der Waals surface area contributed by atoms with Crippen LogP contribution in [-0.4, -0.2) is 27.5 Å². The van der Waals surface area contributed by atoms with Crippen LogP contribution in [0.4, 0.5) is 5.69 Å². The van der Waals surface area contributed by atoms with Crippen molar-refractivity contribution < 1.29 is 9.59 Å². The van der Waals surface area contributed by atoms with Crippen LogP contribution in [0.25, 0.3) is 11.0 Å². The van der Waals surface area contributed by atoms with Crippen LogP contribution in [-0.2, 0) is 22.7 Å². The summed E-state index contributed by atoms with van der Waals surface area (Å²) in [7, 11) is 0. The van der Waals surface area contributed by atoms with Gasteiger partial charge in [0.15, 0.2) is 0 Å². The lowest BCUT2D eigenvalue weighted by Gasteiger charge is -2.10. The van der Waals surface area contributed by atoms with Gasteiger partial charge in [-0.1, -0.05) is 29.8 Å². The lowest BCUT2D eigenvalue weighted by molar-refractivity contribution is -0.124. The number of carbonyl (C=O) groups is 2. The van der Waals surface area contributed by atoms with E-state index in [1.165, 1.54) is 4.57 Å². The van der Waals surface area contributed by atoms with E-state index in [-0.39, 0.29) is 24.7 Å². The summed E-state index contributed by atoms with van der Waals surface area (Å²) in [4.78, 5) is 37.0. The van der Waals surface area contributed by atoms with Crippen LogP contribution in [0.3, 0.4) is 0 Å². The lowest BCUT2D eigenvalue weighted by atomic mass is 10.2. The normalized spacial score (nSPS) is 10.8. The third kappa shape index (κ3) is 3.94. The molecule has 0 atom stereocenters. The van der Waals surface area contributed by atoms with Gasteiger partial charge in [-0.2, -0.15) is 0 Å². The van der Waals surface area contributed by atoms with E-state index in [0.717, 1.165) is 11.1 Å². The van der Waals surface area contributed by atoms with Gasteiger partial charge in [0, 0.05) is 17.3 Å². The highest BCUT2D eigenvalue weighted by Crippen LogP contribution is 2.22. The molecule has 0 saturated heterocycles. The van der Waals surface area contributed by atoms with Crippen molar-refractivity contribution in [1.29, 1.82) is 0 Å². The maximum Gasteiger partial charge on any atom is 0.329 e. The van der Waals surface area contributed by atoms with E-state index in [2.05, 4.69) is 10.6 Å². The van der Waals surface area contributed by atoms with Gasteiger partial charge in [-0.15, -0.1) is 0 Å². The van der Waals surface area contributed by atoms with Crippen molar-refractivity contribution in [3.8, 4) is 0 Å². The molecule has 1 aromatic heterocycles. The number of nitrogens with zero attached hydrogens (tertiary/aromatic N) is 2. The molecule has 0 aliphatic rings. The number of aromatic nitrogens is 2. The standard InChI is InChI=1S/C20H21ClN4O3/c1-3-24-16-9-4-5-10-17(16)25(20(24)28)12-19(27)22-11-18(26)23-15-8-6-7-14(21)13(15)2/h4-10H,3,11-12H2,1-2H3,(H,22,27)(H,23,26). The Balaban J connectivity index is 1.66. The molecule has 0 fully saturated rings. The van der Waals surface area contributed by atoms with Crippen molar-refractivity contribution in [2.45, 2.75) is 26.9 Å². The summed E-state index contributed by atoms with van der Waals surface area (Å²) >= 11 is 6.04. The minimum Gasteiger partial charge on any atom is -0.345 e. The molecule has 1 heterocycles. The third-order valence-electron chi connectivity index (χ3n) is 4.53. The Morgan fingerprint density at radius 2 is 1.68 bits per heavy atom. The zero-order valence-electron chi connectivity index (χ0n) is 15.7. The second-order valence-corrected chi connectivity index (χ2v) is 6.75. The molecule has 0 aliphatic carbocycles. The molecular weight excluding hydrogens is 380 g/mol. The van der Waals surface area contributed by atoms with Gasteiger partial charge < -0.3 is 10.6 Å². The highest BCUT2D eigenvalue weighted by Gasteiger charge is 2.15. The second-order valence-electron chi connectivity index (χ2n) is 6.34. The second kappa shape index (κ2) is 8.31. The molecule has 0 radical (unpaired) electrons. The Morgan fingerprint density at radius 3 is 2.36 bits per heavy atom. The number of carbonyl (C=O) groups excluding carboxylic acids is 2. The van der Waals surface area contributed by atoms with E-state index in [4.69, 9.17) is 11.6 Å². The van der Waals surface area contributed by atoms with Crippen molar-refractivity contribution in [2.75, 3.05) is 11.9 Å². The molecule has 8 heteroatoms. The number of halogens is 1. The number of hydrogen-bond donors (Lipinski definition) is 2. The molecule has 0 spiro atoms.